The molecular weight excluding hydrogens is 430 g/mol. The summed E-state index contributed by atoms with van der Waals surface area (Å²) in [6, 6.07) is 10.2. The number of aliphatic hydroxyl groups is 1. The number of carbonyl (C=O) groups is 1. The van der Waals surface area contributed by atoms with Crippen LogP contribution in [0.25, 0.3) is 0 Å². The molecule has 0 spiro atoms. The van der Waals surface area contributed by atoms with Crippen molar-refractivity contribution < 1.29 is 9.90 Å². The second kappa shape index (κ2) is 12.6. The molecule has 0 aliphatic carbocycles. The number of hydrogen-bond donors (Lipinski definition) is 1. The van der Waals surface area contributed by atoms with E-state index in [9.17, 15) is 9.90 Å². The Morgan fingerprint density at radius 2 is 2.20 bits per heavy atom. The van der Waals surface area contributed by atoms with Gasteiger partial charge in [-0.2, -0.15) is 0 Å². The van der Waals surface area contributed by atoms with E-state index in [4.69, 9.17) is 18.6 Å². The van der Waals surface area contributed by atoms with Gasteiger partial charge in [0.05, 0.1) is 24.3 Å². The monoisotopic (exact) mass is 461 g/mol. The zero-order valence-corrected chi connectivity index (χ0v) is 20.2. The lowest BCUT2D eigenvalue weighted by Gasteiger charge is -2.24. The van der Waals surface area contributed by atoms with Crippen molar-refractivity contribution >= 4 is 46.0 Å². The molecule has 3 nitrogen and oxygen atoms in total. The van der Waals surface area contributed by atoms with Crippen molar-refractivity contribution in [3.8, 4) is 12.3 Å². The number of amides is 1. The molecule has 6 heteroatoms. The number of rotatable bonds is 11. The summed E-state index contributed by atoms with van der Waals surface area (Å²) in [5.74, 6) is 5.10. The van der Waals surface area contributed by atoms with Gasteiger partial charge in [-0.05, 0) is 36.0 Å². The molecule has 1 N–H and O–H groups in total. The van der Waals surface area contributed by atoms with Crippen molar-refractivity contribution in [3.05, 3.63) is 48.0 Å². The van der Waals surface area contributed by atoms with E-state index in [1.807, 2.05) is 24.3 Å². The van der Waals surface area contributed by atoms with Crippen molar-refractivity contribution in [2.75, 3.05) is 17.3 Å². The van der Waals surface area contributed by atoms with E-state index >= 15 is 0 Å². The van der Waals surface area contributed by atoms with Crippen LogP contribution in [-0.4, -0.2) is 49.6 Å². The van der Waals surface area contributed by atoms with E-state index in [0.717, 1.165) is 36.5 Å². The number of allylic oxidation sites excluding steroid dienone is 1. The molecule has 0 bridgehead atoms. The highest BCUT2D eigenvalue weighted by Gasteiger charge is 2.34. The first-order chi connectivity index (χ1) is 14.3. The lowest BCUT2D eigenvalue weighted by molar-refractivity contribution is -0.129. The quantitative estimate of drug-likeness (QED) is 0.219. The average molecular weight is 462 g/mol. The van der Waals surface area contributed by atoms with Gasteiger partial charge in [-0.1, -0.05) is 86.2 Å². The fourth-order valence-electron chi connectivity index (χ4n) is 3.33. The Labute approximate surface area is 195 Å². The van der Waals surface area contributed by atoms with Crippen LogP contribution >= 0.6 is 35.7 Å². The minimum atomic E-state index is -0.790. The minimum Gasteiger partial charge on any atom is -0.389 e. The molecule has 30 heavy (non-hydrogen) atoms. The zero-order chi connectivity index (χ0) is 22.0. The number of thioether (sulfide) groups is 2. The van der Waals surface area contributed by atoms with Gasteiger partial charge in [0.2, 0.25) is 5.91 Å². The van der Waals surface area contributed by atoms with Crippen LogP contribution in [0.4, 0.5) is 0 Å². The Balaban J connectivity index is 1.81. The second-order valence-corrected chi connectivity index (χ2v) is 10.9. The van der Waals surface area contributed by atoms with E-state index in [-0.39, 0.29) is 23.8 Å². The molecule has 2 unspecified atom stereocenters. The Kier molecular flexibility index (Phi) is 10.5. The van der Waals surface area contributed by atoms with Gasteiger partial charge in [0.25, 0.3) is 0 Å². The molecule has 0 radical (unpaired) electrons. The largest absolute Gasteiger partial charge is 0.389 e. The number of carbonyl (C=O) groups excluding carboxylic acids is 1. The number of benzene rings is 1. The summed E-state index contributed by atoms with van der Waals surface area (Å²) >= 11 is 8.72. The van der Waals surface area contributed by atoms with Crippen molar-refractivity contribution in [2.45, 2.75) is 51.7 Å². The minimum absolute atomic E-state index is 0.0508. The van der Waals surface area contributed by atoms with Crippen LogP contribution in [-0.2, 0) is 11.2 Å². The van der Waals surface area contributed by atoms with Crippen molar-refractivity contribution in [1.82, 2.24) is 4.90 Å². The standard InChI is InChI=1S/C24H31NO2S3/c1-4-14-29-18-24(2,3)13-9-8-12-21(26)16-22(27)25-20(17-30-23(25)28)15-19-10-6-5-7-11-19/h1,5-8,10-12,20-21,26H,9,13-18H2,2-3H3. The van der Waals surface area contributed by atoms with Gasteiger partial charge in [-0.25, -0.2) is 0 Å². The van der Waals surface area contributed by atoms with Crippen LogP contribution in [0.3, 0.4) is 0 Å². The molecule has 1 saturated heterocycles. The summed E-state index contributed by atoms with van der Waals surface area (Å²) in [7, 11) is 0. The summed E-state index contributed by atoms with van der Waals surface area (Å²) in [5.41, 5.74) is 1.38. The molecule has 0 saturated carbocycles. The summed E-state index contributed by atoms with van der Waals surface area (Å²) in [6.07, 6.45) is 10.9. The maximum Gasteiger partial charge on any atom is 0.231 e. The van der Waals surface area contributed by atoms with Crippen LogP contribution in [0.1, 0.15) is 38.7 Å². The molecule has 1 fully saturated rings. The topological polar surface area (TPSA) is 40.5 Å². The van der Waals surface area contributed by atoms with Crippen molar-refractivity contribution in [2.24, 2.45) is 5.41 Å². The lowest BCUT2D eigenvalue weighted by Crippen LogP contribution is -2.41. The average Bonchev–Trinajstić information content (AvgIpc) is 3.06. The fraction of sp³-hybridized carbons (Fsp3) is 0.500. The van der Waals surface area contributed by atoms with Crippen LogP contribution in [0.5, 0.6) is 0 Å². The summed E-state index contributed by atoms with van der Waals surface area (Å²) in [5, 5.41) is 10.3. The van der Waals surface area contributed by atoms with Gasteiger partial charge in [0, 0.05) is 5.75 Å². The Hall–Kier alpha value is -1.26. The predicted molar refractivity (Wildman–Crippen MR) is 135 cm³/mol. The molecule has 0 aromatic heterocycles. The van der Waals surface area contributed by atoms with Crippen LogP contribution < -0.4 is 0 Å². The molecule has 162 valence electrons. The van der Waals surface area contributed by atoms with Crippen molar-refractivity contribution in [3.63, 3.8) is 0 Å². The van der Waals surface area contributed by atoms with Gasteiger partial charge < -0.3 is 5.11 Å². The van der Waals surface area contributed by atoms with E-state index in [0.29, 0.717) is 4.32 Å². The van der Waals surface area contributed by atoms with E-state index < -0.39 is 6.10 Å². The highest BCUT2D eigenvalue weighted by atomic mass is 32.2. The van der Waals surface area contributed by atoms with Crippen molar-refractivity contribution in [1.29, 1.82) is 0 Å². The smallest absolute Gasteiger partial charge is 0.231 e. The number of thiocarbonyl (C=S) groups is 1. The van der Waals surface area contributed by atoms with Gasteiger partial charge >= 0.3 is 0 Å². The summed E-state index contributed by atoms with van der Waals surface area (Å²) in [4.78, 5) is 14.5. The number of nitrogens with zero attached hydrogens (tertiary/aromatic N) is 1. The van der Waals surface area contributed by atoms with Crippen LogP contribution in [0, 0.1) is 17.8 Å². The Morgan fingerprint density at radius 3 is 2.90 bits per heavy atom. The number of terminal acetylenes is 1. The Morgan fingerprint density at radius 1 is 1.47 bits per heavy atom. The highest BCUT2D eigenvalue weighted by molar-refractivity contribution is 8.23. The molecule has 1 amide bonds. The first-order valence-corrected chi connectivity index (χ1v) is 12.8. The molecule has 1 aliphatic rings. The molecule has 1 aromatic rings. The van der Waals surface area contributed by atoms with Gasteiger partial charge in [-0.15, -0.1) is 18.2 Å². The van der Waals surface area contributed by atoms with E-state index in [2.05, 4.69) is 31.9 Å². The third-order valence-corrected chi connectivity index (χ3v) is 7.85. The number of aliphatic hydroxyl groups excluding tert-OH is 1. The maximum absolute atomic E-state index is 12.8. The van der Waals surface area contributed by atoms with Gasteiger partial charge in [0.15, 0.2) is 0 Å². The molecule has 1 aliphatic heterocycles. The summed E-state index contributed by atoms with van der Waals surface area (Å²) in [6.45, 7) is 4.45. The molecule has 2 rings (SSSR count). The maximum atomic E-state index is 12.8. The predicted octanol–water partition coefficient (Wildman–Crippen LogP) is 4.94. The fourth-order valence-corrected chi connectivity index (χ4v) is 5.70. The first-order valence-electron chi connectivity index (χ1n) is 10.2. The highest BCUT2D eigenvalue weighted by Crippen LogP contribution is 2.29. The molecule has 1 aromatic carbocycles. The van der Waals surface area contributed by atoms with Gasteiger partial charge in [0.1, 0.15) is 4.32 Å². The van der Waals surface area contributed by atoms with Crippen LogP contribution in [0.15, 0.2) is 42.5 Å². The SMILES string of the molecule is C#CCSCC(C)(C)CCC=CC(O)CC(=O)N1C(=S)SCC1Cc1ccccc1. The molecular formula is C24H31NO2S3. The Bertz CT molecular complexity index is 770. The first kappa shape index (κ1) is 25.0. The lowest BCUT2D eigenvalue weighted by atomic mass is 9.90. The number of hydrogen-bond acceptors (Lipinski definition) is 5. The zero-order valence-electron chi connectivity index (χ0n) is 17.8. The van der Waals surface area contributed by atoms with E-state index in [1.165, 1.54) is 5.56 Å². The van der Waals surface area contributed by atoms with Crippen LogP contribution in [0.2, 0.25) is 0 Å². The normalized spacial score (nSPS) is 18.0. The second-order valence-electron chi connectivity index (χ2n) is 8.28. The molecule has 1 heterocycles. The third-order valence-electron chi connectivity index (χ3n) is 4.95. The van der Waals surface area contributed by atoms with E-state index in [1.54, 1.807) is 34.5 Å². The molecule has 2 atom stereocenters. The van der Waals surface area contributed by atoms with Gasteiger partial charge in [-0.3, -0.25) is 9.69 Å². The summed E-state index contributed by atoms with van der Waals surface area (Å²) < 4.78 is 0.614. The third kappa shape index (κ3) is 8.47.